The lowest BCUT2D eigenvalue weighted by atomic mass is 10.1. The quantitative estimate of drug-likeness (QED) is 0.577. The molecule has 4 aromatic rings. The van der Waals surface area contributed by atoms with Crippen molar-refractivity contribution in [2.45, 2.75) is 6.10 Å². The van der Waals surface area contributed by atoms with Crippen molar-refractivity contribution in [3.8, 4) is 0 Å². The number of hydrogen-bond donors (Lipinski definition) is 1. The second-order valence-corrected chi connectivity index (χ2v) is 5.90. The summed E-state index contributed by atoms with van der Waals surface area (Å²) in [5.74, 6) is 0.116. The molecule has 0 aliphatic heterocycles. The molecule has 0 aliphatic carbocycles. The van der Waals surface area contributed by atoms with Gasteiger partial charge in [-0.2, -0.15) is 0 Å². The molecule has 134 valence electrons. The molecule has 0 bridgehead atoms. The molecule has 2 heterocycles. The van der Waals surface area contributed by atoms with Gasteiger partial charge in [0.05, 0.1) is 5.69 Å². The van der Waals surface area contributed by atoms with E-state index >= 15 is 0 Å². The van der Waals surface area contributed by atoms with Crippen LogP contribution in [-0.2, 0) is 4.74 Å². The van der Waals surface area contributed by atoms with Crippen molar-refractivity contribution in [2.75, 3.05) is 12.4 Å². The third-order valence-corrected chi connectivity index (χ3v) is 4.14. The predicted molar refractivity (Wildman–Crippen MR) is 101 cm³/mol. The lowest BCUT2D eigenvalue weighted by Crippen LogP contribution is -2.13. The van der Waals surface area contributed by atoms with Gasteiger partial charge in [0.25, 0.3) is 5.91 Å². The molecule has 6 nitrogen and oxygen atoms in total. The molecule has 1 N–H and O–H groups in total. The van der Waals surface area contributed by atoms with E-state index in [1.807, 2.05) is 42.5 Å². The predicted octanol–water partition coefficient (Wildman–Crippen LogP) is 4.21. The molecule has 1 amide bonds. The van der Waals surface area contributed by atoms with Gasteiger partial charge in [0.1, 0.15) is 11.2 Å². The van der Waals surface area contributed by atoms with Crippen LogP contribution in [0.15, 0.2) is 77.3 Å². The largest absolute Gasteiger partial charge is 0.435 e. The summed E-state index contributed by atoms with van der Waals surface area (Å²) >= 11 is 0. The minimum Gasteiger partial charge on any atom is -0.435 e. The summed E-state index contributed by atoms with van der Waals surface area (Å²) in [4.78, 5) is 21.0. The Bertz CT molecular complexity index is 1060. The van der Waals surface area contributed by atoms with Crippen LogP contribution in [0, 0.1) is 0 Å². The first-order chi connectivity index (χ1) is 13.3. The normalized spacial score (nSPS) is 12.0. The molecule has 1 atom stereocenters. The van der Waals surface area contributed by atoms with Crippen molar-refractivity contribution in [2.24, 2.45) is 0 Å². The van der Waals surface area contributed by atoms with Crippen LogP contribution in [0.2, 0.25) is 0 Å². The number of carbonyl (C=O) groups is 1. The van der Waals surface area contributed by atoms with E-state index in [9.17, 15) is 4.79 Å². The number of anilines is 1. The molecule has 0 aliphatic rings. The van der Waals surface area contributed by atoms with Crippen molar-refractivity contribution in [1.82, 2.24) is 9.97 Å². The zero-order valence-corrected chi connectivity index (χ0v) is 14.6. The molecule has 0 saturated carbocycles. The number of methoxy groups -OCH3 is 1. The number of amides is 1. The summed E-state index contributed by atoms with van der Waals surface area (Å²) in [6.07, 6.45) is 1.14. The first kappa shape index (κ1) is 16.9. The maximum atomic E-state index is 12.4. The summed E-state index contributed by atoms with van der Waals surface area (Å²) < 4.78 is 11.6. The maximum absolute atomic E-state index is 12.4. The number of carbonyl (C=O) groups excluding carboxylic acids is 1. The fraction of sp³-hybridized carbons (Fsp3) is 0.0952. The van der Waals surface area contributed by atoms with Crippen LogP contribution in [0.1, 0.15) is 28.0 Å². The zero-order valence-electron chi connectivity index (χ0n) is 14.6. The number of nitrogens with one attached hydrogen (secondary N) is 1. The highest BCUT2D eigenvalue weighted by molar-refractivity contribution is 6.06. The van der Waals surface area contributed by atoms with Crippen molar-refractivity contribution in [3.05, 3.63) is 90.1 Å². The summed E-state index contributed by atoms with van der Waals surface area (Å²) in [7, 11) is 1.61. The van der Waals surface area contributed by atoms with Crippen molar-refractivity contribution in [1.29, 1.82) is 0 Å². The van der Waals surface area contributed by atoms with Gasteiger partial charge in [-0.15, -0.1) is 0 Å². The van der Waals surface area contributed by atoms with E-state index < -0.39 is 6.10 Å². The minimum absolute atomic E-state index is 0.313. The van der Waals surface area contributed by atoms with Crippen LogP contribution in [0.4, 0.5) is 5.69 Å². The first-order valence-electron chi connectivity index (χ1n) is 8.46. The molecule has 6 heteroatoms. The van der Waals surface area contributed by atoms with E-state index in [1.165, 1.54) is 0 Å². The van der Waals surface area contributed by atoms with Crippen molar-refractivity contribution >= 4 is 22.7 Å². The molecule has 0 fully saturated rings. The Morgan fingerprint density at radius 2 is 1.85 bits per heavy atom. The number of oxazole rings is 1. The molecular formula is C21H17N3O3. The molecule has 27 heavy (non-hydrogen) atoms. The van der Waals surface area contributed by atoms with E-state index in [2.05, 4.69) is 15.3 Å². The van der Waals surface area contributed by atoms with E-state index in [0.29, 0.717) is 28.4 Å². The maximum Gasteiger partial charge on any atom is 0.274 e. The van der Waals surface area contributed by atoms with Crippen LogP contribution in [0.5, 0.6) is 0 Å². The molecule has 2 aromatic carbocycles. The fourth-order valence-electron chi connectivity index (χ4n) is 2.87. The van der Waals surface area contributed by atoms with Gasteiger partial charge in [0, 0.05) is 13.3 Å². The second kappa shape index (κ2) is 7.39. The third kappa shape index (κ3) is 3.43. The Morgan fingerprint density at radius 3 is 2.59 bits per heavy atom. The molecule has 0 radical (unpaired) electrons. The highest BCUT2D eigenvalue weighted by Crippen LogP contribution is 2.31. The van der Waals surface area contributed by atoms with Crippen LogP contribution in [0.3, 0.4) is 0 Å². The average molecular weight is 359 g/mol. The number of benzene rings is 2. The number of aromatic nitrogens is 2. The standard InChI is InChI=1S/C21H17N3O3/c1-26-18(14-8-3-2-4-9-14)21-24-16-12-7-11-15(19(16)27-21)23-20(25)17-10-5-6-13-22-17/h2-13,18H,1H3,(H,23,25). The SMILES string of the molecule is COC(c1ccccc1)c1nc2cccc(NC(=O)c3ccccn3)c2o1. The Balaban J connectivity index is 1.69. The Hall–Kier alpha value is -3.51. The molecule has 2 aromatic heterocycles. The Morgan fingerprint density at radius 1 is 1.04 bits per heavy atom. The first-order valence-corrected chi connectivity index (χ1v) is 8.46. The van der Waals surface area contributed by atoms with E-state index in [4.69, 9.17) is 9.15 Å². The number of rotatable bonds is 5. The monoisotopic (exact) mass is 359 g/mol. The number of hydrogen-bond acceptors (Lipinski definition) is 5. The number of fused-ring (bicyclic) bond motifs is 1. The highest BCUT2D eigenvalue weighted by atomic mass is 16.5. The zero-order chi connectivity index (χ0) is 18.6. The van der Waals surface area contributed by atoms with Crippen molar-refractivity contribution < 1.29 is 13.9 Å². The summed E-state index contributed by atoms with van der Waals surface area (Å²) in [5, 5.41) is 2.84. The molecule has 0 saturated heterocycles. The smallest absolute Gasteiger partial charge is 0.274 e. The second-order valence-electron chi connectivity index (χ2n) is 5.90. The molecule has 1 unspecified atom stereocenters. The Kier molecular flexibility index (Phi) is 4.63. The highest BCUT2D eigenvalue weighted by Gasteiger charge is 2.21. The van der Waals surface area contributed by atoms with Gasteiger partial charge in [-0.3, -0.25) is 9.78 Å². The van der Waals surface area contributed by atoms with E-state index in [1.54, 1.807) is 37.6 Å². The lowest BCUT2D eigenvalue weighted by molar-refractivity contribution is 0.102. The van der Waals surface area contributed by atoms with Gasteiger partial charge in [-0.25, -0.2) is 4.98 Å². The molecule has 0 spiro atoms. The summed E-state index contributed by atoms with van der Waals surface area (Å²) in [6.45, 7) is 0. The topological polar surface area (TPSA) is 77.2 Å². The third-order valence-electron chi connectivity index (χ3n) is 4.14. The summed E-state index contributed by atoms with van der Waals surface area (Å²) in [5.41, 5.74) is 2.93. The van der Waals surface area contributed by atoms with Crippen molar-refractivity contribution in [3.63, 3.8) is 0 Å². The van der Waals surface area contributed by atoms with Gasteiger partial charge >= 0.3 is 0 Å². The lowest BCUT2D eigenvalue weighted by Gasteiger charge is -2.11. The van der Waals surface area contributed by atoms with Crippen LogP contribution in [-0.4, -0.2) is 23.0 Å². The minimum atomic E-state index is -0.432. The van der Waals surface area contributed by atoms with Crippen LogP contribution in [0.25, 0.3) is 11.1 Å². The van der Waals surface area contributed by atoms with Crippen LogP contribution < -0.4 is 5.32 Å². The van der Waals surface area contributed by atoms with E-state index in [-0.39, 0.29) is 5.91 Å². The van der Waals surface area contributed by atoms with Crippen LogP contribution >= 0.6 is 0 Å². The molecule has 4 rings (SSSR count). The molecular weight excluding hydrogens is 342 g/mol. The van der Waals surface area contributed by atoms with Gasteiger partial charge in [0.2, 0.25) is 5.89 Å². The summed E-state index contributed by atoms with van der Waals surface area (Å²) in [6, 6.07) is 20.3. The number of pyridine rings is 1. The Labute approximate surface area is 155 Å². The number of para-hydroxylation sites is 1. The fourth-order valence-corrected chi connectivity index (χ4v) is 2.87. The van der Waals surface area contributed by atoms with Gasteiger partial charge in [-0.1, -0.05) is 42.5 Å². The number of ether oxygens (including phenoxy) is 1. The van der Waals surface area contributed by atoms with E-state index in [0.717, 1.165) is 5.56 Å². The van der Waals surface area contributed by atoms with Gasteiger partial charge in [-0.05, 0) is 29.8 Å². The van der Waals surface area contributed by atoms with Gasteiger partial charge < -0.3 is 14.5 Å². The van der Waals surface area contributed by atoms with Gasteiger partial charge in [0.15, 0.2) is 11.7 Å². The average Bonchev–Trinajstić information content (AvgIpc) is 3.15. The number of nitrogens with zero attached hydrogens (tertiary/aromatic N) is 2.